The van der Waals surface area contributed by atoms with E-state index in [1.807, 2.05) is 12.4 Å². The van der Waals surface area contributed by atoms with Crippen molar-refractivity contribution in [3.63, 3.8) is 0 Å². The molecule has 0 bridgehead atoms. The summed E-state index contributed by atoms with van der Waals surface area (Å²) in [6.45, 7) is 4.58. The van der Waals surface area contributed by atoms with Crippen LogP contribution in [0.4, 0.5) is 0 Å². The van der Waals surface area contributed by atoms with Gasteiger partial charge >= 0.3 is 0 Å². The largest absolute Gasteiger partial charge is 0.314 e. The van der Waals surface area contributed by atoms with E-state index < -0.39 is 0 Å². The van der Waals surface area contributed by atoms with E-state index in [4.69, 9.17) is 0 Å². The summed E-state index contributed by atoms with van der Waals surface area (Å²) >= 11 is 0. The summed E-state index contributed by atoms with van der Waals surface area (Å²) in [5, 5.41) is 3.52. The fraction of sp³-hybridized carbons (Fsp3) is 0.615. The van der Waals surface area contributed by atoms with Gasteiger partial charge in [-0.3, -0.25) is 9.88 Å². The first-order valence-corrected chi connectivity index (χ1v) is 6.27. The average molecular weight is 217 g/mol. The second-order valence-corrected chi connectivity index (χ2v) is 4.93. The van der Waals surface area contributed by atoms with Gasteiger partial charge in [0.05, 0.1) is 0 Å². The number of pyridine rings is 1. The highest BCUT2D eigenvalue weighted by atomic mass is 15.2. The van der Waals surface area contributed by atoms with E-state index in [2.05, 4.69) is 27.3 Å². The van der Waals surface area contributed by atoms with Crippen LogP contribution in [-0.4, -0.2) is 35.6 Å². The number of hydrogen-bond acceptors (Lipinski definition) is 3. The van der Waals surface area contributed by atoms with Crippen LogP contribution in [0.1, 0.15) is 18.4 Å². The van der Waals surface area contributed by atoms with E-state index in [0.29, 0.717) is 0 Å². The molecule has 1 aliphatic carbocycles. The second-order valence-electron chi connectivity index (χ2n) is 4.93. The predicted octanol–water partition coefficient (Wildman–Crippen LogP) is 1.27. The van der Waals surface area contributed by atoms with Gasteiger partial charge < -0.3 is 5.32 Å². The van der Waals surface area contributed by atoms with Crippen LogP contribution in [0.2, 0.25) is 0 Å². The molecule has 2 heterocycles. The van der Waals surface area contributed by atoms with Crippen molar-refractivity contribution in [2.24, 2.45) is 5.92 Å². The van der Waals surface area contributed by atoms with E-state index >= 15 is 0 Å². The fourth-order valence-corrected chi connectivity index (χ4v) is 2.63. The summed E-state index contributed by atoms with van der Waals surface area (Å²) in [6, 6.07) is 5.03. The Labute approximate surface area is 96.9 Å². The highest BCUT2D eigenvalue weighted by Crippen LogP contribution is 2.36. The minimum absolute atomic E-state index is 0.766. The average Bonchev–Trinajstić information content (AvgIpc) is 3.15. The van der Waals surface area contributed by atoms with Crippen molar-refractivity contribution in [2.75, 3.05) is 19.6 Å². The SMILES string of the molecule is c1cc(CN2CCNCC2C2CC2)ccn1. The molecule has 3 heteroatoms. The Morgan fingerprint density at radius 1 is 1.31 bits per heavy atom. The normalized spacial score (nSPS) is 26.9. The number of piperazine rings is 1. The molecule has 0 amide bonds. The molecule has 0 spiro atoms. The monoisotopic (exact) mass is 217 g/mol. The minimum Gasteiger partial charge on any atom is -0.314 e. The van der Waals surface area contributed by atoms with Gasteiger partial charge in [-0.2, -0.15) is 0 Å². The van der Waals surface area contributed by atoms with E-state index in [1.54, 1.807) is 0 Å². The van der Waals surface area contributed by atoms with E-state index in [9.17, 15) is 0 Å². The first-order valence-electron chi connectivity index (χ1n) is 6.27. The van der Waals surface area contributed by atoms with E-state index in [0.717, 1.165) is 25.0 Å². The topological polar surface area (TPSA) is 28.2 Å². The third-order valence-electron chi connectivity index (χ3n) is 3.70. The van der Waals surface area contributed by atoms with Crippen LogP contribution in [0.15, 0.2) is 24.5 Å². The third kappa shape index (κ3) is 2.25. The molecule has 1 unspecified atom stereocenters. The van der Waals surface area contributed by atoms with Crippen LogP contribution in [0.5, 0.6) is 0 Å². The molecule has 1 atom stereocenters. The maximum absolute atomic E-state index is 4.07. The van der Waals surface area contributed by atoms with Crippen LogP contribution in [0.25, 0.3) is 0 Å². The van der Waals surface area contributed by atoms with Crippen molar-refractivity contribution < 1.29 is 0 Å². The Kier molecular flexibility index (Phi) is 2.89. The lowest BCUT2D eigenvalue weighted by molar-refractivity contribution is 0.135. The summed E-state index contributed by atoms with van der Waals surface area (Å²) in [5.41, 5.74) is 1.39. The van der Waals surface area contributed by atoms with Gasteiger partial charge in [-0.1, -0.05) is 0 Å². The molecule has 1 aliphatic heterocycles. The molecular weight excluding hydrogens is 198 g/mol. The lowest BCUT2D eigenvalue weighted by Crippen LogP contribution is -2.51. The van der Waals surface area contributed by atoms with Crippen molar-refractivity contribution in [3.05, 3.63) is 30.1 Å². The summed E-state index contributed by atoms with van der Waals surface area (Å²) in [5.74, 6) is 0.953. The molecule has 2 aliphatic rings. The van der Waals surface area contributed by atoms with Crippen LogP contribution < -0.4 is 5.32 Å². The minimum atomic E-state index is 0.766. The van der Waals surface area contributed by atoms with Gasteiger partial charge in [0, 0.05) is 44.6 Å². The standard InChI is InChI=1S/C13H19N3/c1-2-12(1)13-9-15-7-8-16(13)10-11-3-5-14-6-4-11/h3-6,12-13,15H,1-2,7-10H2. The number of nitrogens with zero attached hydrogens (tertiary/aromatic N) is 2. The van der Waals surface area contributed by atoms with Crippen LogP contribution in [0.3, 0.4) is 0 Å². The van der Waals surface area contributed by atoms with E-state index in [1.165, 1.54) is 31.5 Å². The Balaban J connectivity index is 1.67. The number of rotatable bonds is 3. The van der Waals surface area contributed by atoms with Gasteiger partial charge in [0.15, 0.2) is 0 Å². The summed E-state index contributed by atoms with van der Waals surface area (Å²) in [4.78, 5) is 6.72. The summed E-state index contributed by atoms with van der Waals surface area (Å²) < 4.78 is 0. The zero-order valence-corrected chi connectivity index (χ0v) is 9.60. The molecule has 1 saturated carbocycles. The van der Waals surface area contributed by atoms with Crippen molar-refractivity contribution >= 4 is 0 Å². The molecule has 1 saturated heterocycles. The summed E-state index contributed by atoms with van der Waals surface area (Å²) in [6.07, 6.45) is 6.64. The van der Waals surface area contributed by atoms with Crippen molar-refractivity contribution in [1.82, 2.24) is 15.2 Å². The smallest absolute Gasteiger partial charge is 0.0271 e. The highest BCUT2D eigenvalue weighted by molar-refractivity contribution is 5.10. The molecular formula is C13H19N3. The number of nitrogens with one attached hydrogen (secondary N) is 1. The highest BCUT2D eigenvalue weighted by Gasteiger charge is 2.36. The Morgan fingerprint density at radius 2 is 2.12 bits per heavy atom. The first kappa shape index (κ1) is 10.2. The third-order valence-corrected chi connectivity index (χ3v) is 3.70. The number of hydrogen-bond donors (Lipinski definition) is 1. The number of aromatic nitrogens is 1. The molecule has 3 nitrogen and oxygen atoms in total. The van der Waals surface area contributed by atoms with E-state index in [-0.39, 0.29) is 0 Å². The van der Waals surface area contributed by atoms with Crippen LogP contribution in [0, 0.1) is 5.92 Å². The molecule has 16 heavy (non-hydrogen) atoms. The Morgan fingerprint density at radius 3 is 2.88 bits per heavy atom. The van der Waals surface area contributed by atoms with Gasteiger partial charge in [0.2, 0.25) is 0 Å². The Bertz CT molecular complexity index is 334. The lowest BCUT2D eigenvalue weighted by atomic mass is 10.1. The van der Waals surface area contributed by atoms with Crippen molar-refractivity contribution in [1.29, 1.82) is 0 Å². The van der Waals surface area contributed by atoms with Crippen LogP contribution >= 0.6 is 0 Å². The van der Waals surface area contributed by atoms with Crippen LogP contribution in [-0.2, 0) is 6.54 Å². The molecule has 1 aromatic rings. The molecule has 0 aromatic carbocycles. The quantitative estimate of drug-likeness (QED) is 0.826. The summed E-state index contributed by atoms with van der Waals surface area (Å²) in [7, 11) is 0. The maximum Gasteiger partial charge on any atom is 0.0271 e. The molecule has 86 valence electrons. The van der Waals surface area contributed by atoms with Gasteiger partial charge in [-0.15, -0.1) is 0 Å². The first-order chi connectivity index (χ1) is 7.93. The lowest BCUT2D eigenvalue weighted by Gasteiger charge is -2.36. The maximum atomic E-state index is 4.07. The molecule has 3 rings (SSSR count). The van der Waals surface area contributed by atoms with Crippen molar-refractivity contribution in [2.45, 2.75) is 25.4 Å². The van der Waals surface area contributed by atoms with Gasteiger partial charge in [0.25, 0.3) is 0 Å². The molecule has 0 radical (unpaired) electrons. The van der Waals surface area contributed by atoms with Gasteiger partial charge in [-0.25, -0.2) is 0 Å². The van der Waals surface area contributed by atoms with Gasteiger partial charge in [-0.05, 0) is 36.5 Å². The molecule has 1 aromatic heterocycles. The molecule has 1 N–H and O–H groups in total. The predicted molar refractivity (Wildman–Crippen MR) is 64.0 cm³/mol. The molecule has 2 fully saturated rings. The Hall–Kier alpha value is -0.930. The van der Waals surface area contributed by atoms with Gasteiger partial charge in [0.1, 0.15) is 0 Å². The second kappa shape index (κ2) is 4.52. The van der Waals surface area contributed by atoms with Crippen molar-refractivity contribution in [3.8, 4) is 0 Å². The fourth-order valence-electron chi connectivity index (χ4n) is 2.63. The zero-order chi connectivity index (χ0) is 10.8. The zero-order valence-electron chi connectivity index (χ0n) is 9.60.